The van der Waals surface area contributed by atoms with Crippen LogP contribution in [0.3, 0.4) is 0 Å². The Morgan fingerprint density at radius 2 is 2.19 bits per heavy atom. The van der Waals surface area contributed by atoms with E-state index in [-0.39, 0.29) is 12.1 Å². The van der Waals surface area contributed by atoms with Crippen molar-refractivity contribution in [1.29, 1.82) is 0 Å². The lowest BCUT2D eigenvalue weighted by atomic mass is 10.1. The number of carbonyl (C=O) groups is 1. The lowest BCUT2D eigenvalue weighted by molar-refractivity contribution is 0.0252. The van der Waals surface area contributed by atoms with Gasteiger partial charge in [0.25, 0.3) is 0 Å². The highest BCUT2D eigenvalue weighted by molar-refractivity contribution is 6.30. The molecule has 0 aliphatic carbocycles. The average molecular weight is 312 g/mol. The number of halogens is 1. The third-order valence-electron chi connectivity index (χ3n) is 2.45. The average Bonchev–Trinajstić information content (AvgIpc) is 2.35. The van der Waals surface area contributed by atoms with Crippen molar-refractivity contribution in [3.63, 3.8) is 0 Å². The Morgan fingerprint density at radius 1 is 1.48 bits per heavy atom. The Hall–Kier alpha value is -1.52. The van der Waals surface area contributed by atoms with E-state index in [1.165, 1.54) is 0 Å². The molecule has 0 bridgehead atoms. The van der Waals surface area contributed by atoms with Gasteiger partial charge in [-0.25, -0.2) is 4.79 Å². The molecule has 0 saturated heterocycles. The molecular weight excluding hydrogens is 290 g/mol. The van der Waals surface area contributed by atoms with Crippen LogP contribution >= 0.6 is 11.6 Å². The fourth-order valence-corrected chi connectivity index (χ4v) is 1.83. The molecule has 1 rings (SSSR count). The summed E-state index contributed by atoms with van der Waals surface area (Å²) in [4.78, 5) is 11.9. The van der Waals surface area contributed by atoms with Gasteiger partial charge < -0.3 is 14.8 Å². The zero-order chi connectivity index (χ0) is 15.9. The second-order valence-electron chi connectivity index (χ2n) is 5.65. The van der Waals surface area contributed by atoms with Crippen LogP contribution in [0.1, 0.15) is 32.4 Å². The van der Waals surface area contributed by atoms with E-state index in [1.807, 2.05) is 32.9 Å². The SMILES string of the molecule is C=CCOC[C@@H](OC(=O)NC(C)(C)C)c1cccc(Cl)c1. The Labute approximate surface area is 131 Å². The van der Waals surface area contributed by atoms with Gasteiger partial charge in [0.2, 0.25) is 0 Å². The smallest absolute Gasteiger partial charge is 0.408 e. The van der Waals surface area contributed by atoms with Crippen molar-refractivity contribution in [2.75, 3.05) is 13.2 Å². The van der Waals surface area contributed by atoms with Gasteiger partial charge in [-0.05, 0) is 38.5 Å². The molecule has 1 N–H and O–H groups in total. The molecule has 1 aromatic carbocycles. The molecule has 1 atom stereocenters. The third kappa shape index (κ3) is 7.16. The zero-order valence-electron chi connectivity index (χ0n) is 12.7. The standard InChI is InChI=1S/C16H22ClNO3/c1-5-9-20-11-14(12-7-6-8-13(17)10-12)21-15(19)18-16(2,3)4/h5-8,10,14H,1,9,11H2,2-4H3,(H,18,19)/t14-/m1/s1. The fraction of sp³-hybridized carbons (Fsp3) is 0.438. The van der Waals surface area contributed by atoms with Gasteiger partial charge >= 0.3 is 6.09 Å². The summed E-state index contributed by atoms with van der Waals surface area (Å²) in [7, 11) is 0. The Balaban J connectivity index is 2.77. The molecular formula is C16H22ClNO3. The van der Waals surface area contributed by atoms with Crippen LogP contribution in [0.15, 0.2) is 36.9 Å². The second kappa shape index (κ2) is 8.05. The third-order valence-corrected chi connectivity index (χ3v) is 2.69. The number of hydrogen-bond donors (Lipinski definition) is 1. The lowest BCUT2D eigenvalue weighted by Gasteiger charge is -2.24. The number of nitrogens with one attached hydrogen (secondary N) is 1. The first kappa shape index (κ1) is 17.5. The summed E-state index contributed by atoms with van der Waals surface area (Å²) in [6.45, 7) is 9.88. The van der Waals surface area contributed by atoms with Crippen LogP contribution in [-0.2, 0) is 9.47 Å². The first-order valence-electron chi connectivity index (χ1n) is 6.75. The number of carbonyl (C=O) groups excluding carboxylic acids is 1. The minimum atomic E-state index is -0.522. The molecule has 1 amide bonds. The van der Waals surface area contributed by atoms with Crippen LogP contribution in [-0.4, -0.2) is 24.8 Å². The number of alkyl carbamates (subject to hydrolysis) is 1. The number of ether oxygens (including phenoxy) is 2. The largest absolute Gasteiger partial charge is 0.439 e. The van der Waals surface area contributed by atoms with E-state index in [0.717, 1.165) is 5.56 Å². The first-order valence-corrected chi connectivity index (χ1v) is 7.12. The normalized spacial score (nSPS) is 12.6. The van der Waals surface area contributed by atoms with Gasteiger partial charge in [-0.2, -0.15) is 0 Å². The van der Waals surface area contributed by atoms with Gasteiger partial charge in [-0.15, -0.1) is 6.58 Å². The summed E-state index contributed by atoms with van der Waals surface area (Å²) in [5, 5.41) is 3.34. The van der Waals surface area contributed by atoms with Crippen molar-refractivity contribution in [2.45, 2.75) is 32.4 Å². The molecule has 0 fully saturated rings. The van der Waals surface area contributed by atoms with Crippen LogP contribution in [0.4, 0.5) is 4.79 Å². The highest BCUT2D eigenvalue weighted by atomic mass is 35.5. The lowest BCUT2D eigenvalue weighted by Crippen LogP contribution is -2.41. The van der Waals surface area contributed by atoms with Crippen LogP contribution in [0.5, 0.6) is 0 Å². The van der Waals surface area contributed by atoms with E-state index >= 15 is 0 Å². The molecule has 0 spiro atoms. The molecule has 116 valence electrons. The van der Waals surface area contributed by atoms with Crippen molar-refractivity contribution in [3.05, 3.63) is 47.5 Å². The maximum atomic E-state index is 11.9. The van der Waals surface area contributed by atoms with Crippen molar-refractivity contribution in [1.82, 2.24) is 5.32 Å². The fourth-order valence-electron chi connectivity index (χ4n) is 1.63. The van der Waals surface area contributed by atoms with E-state index < -0.39 is 12.2 Å². The van der Waals surface area contributed by atoms with Crippen LogP contribution in [0.25, 0.3) is 0 Å². The van der Waals surface area contributed by atoms with Gasteiger partial charge in [-0.1, -0.05) is 29.8 Å². The predicted octanol–water partition coefficient (Wildman–Crippen LogP) is 4.11. The van der Waals surface area contributed by atoms with Gasteiger partial charge in [0.05, 0.1) is 13.2 Å². The number of rotatable bonds is 6. The van der Waals surface area contributed by atoms with Gasteiger partial charge in [0.15, 0.2) is 6.10 Å². The molecule has 0 saturated carbocycles. The maximum Gasteiger partial charge on any atom is 0.408 e. The zero-order valence-corrected chi connectivity index (χ0v) is 13.4. The summed E-state index contributed by atoms with van der Waals surface area (Å²) < 4.78 is 10.9. The predicted molar refractivity (Wildman–Crippen MR) is 84.6 cm³/mol. The molecule has 0 radical (unpaired) electrons. The second-order valence-corrected chi connectivity index (χ2v) is 6.09. The van der Waals surface area contributed by atoms with E-state index in [9.17, 15) is 4.79 Å². The van der Waals surface area contributed by atoms with E-state index in [4.69, 9.17) is 21.1 Å². The molecule has 1 aromatic rings. The van der Waals surface area contributed by atoms with E-state index in [1.54, 1.807) is 18.2 Å². The number of benzene rings is 1. The molecule has 0 aliphatic rings. The summed E-state index contributed by atoms with van der Waals surface area (Å²) >= 11 is 5.98. The molecule has 0 unspecified atom stereocenters. The minimum absolute atomic E-state index is 0.240. The number of amides is 1. The van der Waals surface area contributed by atoms with Crippen LogP contribution in [0, 0.1) is 0 Å². The highest BCUT2D eigenvalue weighted by Gasteiger charge is 2.21. The molecule has 0 aliphatic heterocycles. The van der Waals surface area contributed by atoms with Gasteiger partial charge in [0, 0.05) is 10.6 Å². The minimum Gasteiger partial charge on any atom is -0.439 e. The summed E-state index contributed by atoms with van der Waals surface area (Å²) in [5.41, 5.74) is 0.424. The number of hydrogen-bond acceptors (Lipinski definition) is 3. The first-order chi connectivity index (χ1) is 9.81. The maximum absolute atomic E-state index is 11.9. The van der Waals surface area contributed by atoms with Gasteiger partial charge in [-0.3, -0.25) is 0 Å². The topological polar surface area (TPSA) is 47.6 Å². The van der Waals surface area contributed by atoms with Crippen molar-refractivity contribution < 1.29 is 14.3 Å². The van der Waals surface area contributed by atoms with Crippen molar-refractivity contribution in [2.24, 2.45) is 0 Å². The van der Waals surface area contributed by atoms with Crippen LogP contribution < -0.4 is 5.32 Å². The van der Waals surface area contributed by atoms with Crippen molar-refractivity contribution >= 4 is 17.7 Å². The molecule has 0 aromatic heterocycles. The van der Waals surface area contributed by atoms with E-state index in [0.29, 0.717) is 11.6 Å². The molecule has 0 heterocycles. The Kier molecular flexibility index (Phi) is 6.72. The quantitative estimate of drug-likeness (QED) is 0.635. The monoisotopic (exact) mass is 311 g/mol. The highest BCUT2D eigenvalue weighted by Crippen LogP contribution is 2.22. The summed E-state index contributed by atoms with van der Waals surface area (Å²) in [6, 6.07) is 7.18. The van der Waals surface area contributed by atoms with E-state index in [2.05, 4.69) is 11.9 Å². The molecule has 5 heteroatoms. The summed E-state index contributed by atoms with van der Waals surface area (Å²) in [6.07, 6.45) is 0.630. The Morgan fingerprint density at radius 3 is 2.76 bits per heavy atom. The molecule has 21 heavy (non-hydrogen) atoms. The van der Waals surface area contributed by atoms with Crippen LogP contribution in [0.2, 0.25) is 5.02 Å². The van der Waals surface area contributed by atoms with Gasteiger partial charge in [0.1, 0.15) is 0 Å². The summed E-state index contributed by atoms with van der Waals surface area (Å²) in [5.74, 6) is 0. The van der Waals surface area contributed by atoms with Crippen molar-refractivity contribution in [3.8, 4) is 0 Å². The Bertz CT molecular complexity index is 483. The molecule has 4 nitrogen and oxygen atoms in total.